The van der Waals surface area contributed by atoms with E-state index >= 15 is 0 Å². The molecule has 4 nitrogen and oxygen atoms in total. The normalized spacial score (nSPS) is 10.3. The van der Waals surface area contributed by atoms with E-state index in [1.165, 1.54) is 17.4 Å². The van der Waals surface area contributed by atoms with E-state index in [9.17, 15) is 10.1 Å². The largest absolute Gasteiger partial charge is 0.375 e. The fourth-order valence-corrected chi connectivity index (χ4v) is 3.17. The maximum absolute atomic E-state index is 10.8. The lowest BCUT2D eigenvalue weighted by molar-refractivity contribution is -0.384. The number of anilines is 1. The summed E-state index contributed by atoms with van der Waals surface area (Å²) in [6.07, 6.45) is 0. The third kappa shape index (κ3) is 3.01. The molecule has 0 aliphatic rings. The highest BCUT2D eigenvalue weighted by Crippen LogP contribution is 2.33. The van der Waals surface area contributed by atoms with Crippen LogP contribution >= 0.6 is 38.9 Å². The van der Waals surface area contributed by atoms with Crippen LogP contribution in [0.25, 0.3) is 0 Å². The molecular weight excluding hydrogens is 340 g/mol. The van der Waals surface area contributed by atoms with Gasteiger partial charge in [-0.3, -0.25) is 10.1 Å². The van der Waals surface area contributed by atoms with Crippen LogP contribution < -0.4 is 5.32 Å². The Morgan fingerprint density at radius 3 is 2.78 bits per heavy atom. The number of nitrogens with zero attached hydrogens (tertiary/aromatic N) is 1. The molecule has 2 aromatic rings. The quantitative estimate of drug-likeness (QED) is 0.645. The first-order valence-corrected chi connectivity index (χ1v) is 6.97. The summed E-state index contributed by atoms with van der Waals surface area (Å²) in [5, 5.41) is 13.9. The second-order valence-corrected chi connectivity index (χ2v) is 6.06. The Morgan fingerprint density at radius 1 is 1.44 bits per heavy atom. The van der Waals surface area contributed by atoms with Gasteiger partial charge < -0.3 is 5.32 Å². The zero-order valence-corrected chi connectivity index (χ0v) is 12.2. The molecule has 0 unspecified atom stereocenters. The maximum Gasteiger partial charge on any atom is 0.292 e. The molecule has 0 saturated carbocycles. The van der Waals surface area contributed by atoms with Gasteiger partial charge in [-0.25, -0.2) is 0 Å². The third-order valence-corrected chi connectivity index (χ3v) is 4.72. The van der Waals surface area contributed by atoms with Crippen LogP contribution in [0.1, 0.15) is 4.88 Å². The Bertz CT molecular complexity index is 569. The number of thiophene rings is 1. The summed E-state index contributed by atoms with van der Waals surface area (Å²) in [7, 11) is 0. The van der Waals surface area contributed by atoms with Crippen molar-refractivity contribution in [1.82, 2.24) is 0 Å². The summed E-state index contributed by atoms with van der Waals surface area (Å²) in [6, 6.07) is 8.45. The van der Waals surface area contributed by atoms with E-state index in [1.807, 2.05) is 6.07 Å². The summed E-state index contributed by atoms with van der Waals surface area (Å²) in [6.45, 7) is 0.501. The summed E-state index contributed by atoms with van der Waals surface area (Å²) in [5.41, 5.74) is 0.572. The fourth-order valence-electron chi connectivity index (χ4n) is 1.44. The Balaban J connectivity index is 2.13. The molecule has 1 aromatic heterocycles. The topological polar surface area (TPSA) is 55.2 Å². The maximum atomic E-state index is 10.8. The van der Waals surface area contributed by atoms with Crippen molar-refractivity contribution in [2.75, 3.05) is 5.32 Å². The summed E-state index contributed by atoms with van der Waals surface area (Å²) < 4.78 is 1.52. The van der Waals surface area contributed by atoms with Crippen LogP contribution in [0.2, 0.25) is 4.34 Å². The molecule has 0 atom stereocenters. The first-order chi connectivity index (χ1) is 8.58. The van der Waals surface area contributed by atoms with Gasteiger partial charge in [-0.05, 0) is 28.1 Å². The van der Waals surface area contributed by atoms with Crippen LogP contribution in [-0.2, 0) is 6.54 Å². The number of rotatable bonds is 4. The number of hydrogen-bond acceptors (Lipinski definition) is 4. The zero-order chi connectivity index (χ0) is 13.1. The first kappa shape index (κ1) is 13.3. The van der Waals surface area contributed by atoms with Gasteiger partial charge in [0.25, 0.3) is 5.69 Å². The standard InChI is InChI=1S/C11H8BrClN2O2S/c12-8-5-7(18-11(8)13)6-14-9-3-1-2-4-10(9)15(16)17/h1-5,14H,6H2. The molecule has 0 saturated heterocycles. The van der Waals surface area contributed by atoms with E-state index in [2.05, 4.69) is 21.2 Å². The highest BCUT2D eigenvalue weighted by atomic mass is 79.9. The minimum absolute atomic E-state index is 0.0687. The van der Waals surface area contributed by atoms with Crippen LogP contribution in [0.15, 0.2) is 34.8 Å². The van der Waals surface area contributed by atoms with Gasteiger partial charge in [0.15, 0.2) is 0 Å². The van der Waals surface area contributed by atoms with Crippen molar-refractivity contribution in [3.63, 3.8) is 0 Å². The van der Waals surface area contributed by atoms with Crippen LogP contribution in [-0.4, -0.2) is 4.92 Å². The van der Waals surface area contributed by atoms with Gasteiger partial charge in [-0.15, -0.1) is 11.3 Å². The van der Waals surface area contributed by atoms with Gasteiger partial charge >= 0.3 is 0 Å². The van der Waals surface area contributed by atoms with E-state index in [0.29, 0.717) is 16.6 Å². The molecular formula is C11H8BrClN2O2S. The lowest BCUT2D eigenvalue weighted by atomic mass is 10.2. The lowest BCUT2D eigenvalue weighted by Crippen LogP contribution is -2.01. The number of benzene rings is 1. The summed E-state index contributed by atoms with van der Waals surface area (Å²) >= 11 is 10.7. The van der Waals surface area contributed by atoms with Crippen molar-refractivity contribution in [2.24, 2.45) is 0 Å². The van der Waals surface area contributed by atoms with Crippen molar-refractivity contribution in [3.8, 4) is 0 Å². The number of hydrogen-bond donors (Lipinski definition) is 1. The van der Waals surface area contributed by atoms with Crippen LogP contribution in [0.5, 0.6) is 0 Å². The van der Waals surface area contributed by atoms with E-state index in [1.54, 1.807) is 18.2 Å². The van der Waals surface area contributed by atoms with Gasteiger partial charge in [0, 0.05) is 22.0 Å². The monoisotopic (exact) mass is 346 g/mol. The van der Waals surface area contributed by atoms with Crippen LogP contribution in [0, 0.1) is 10.1 Å². The van der Waals surface area contributed by atoms with Gasteiger partial charge in [0.05, 0.1) is 4.92 Å². The number of nitro groups is 1. The highest BCUT2D eigenvalue weighted by molar-refractivity contribution is 9.10. The molecule has 1 N–H and O–H groups in total. The predicted octanol–water partition coefficient (Wildman–Crippen LogP) is 4.68. The SMILES string of the molecule is O=[N+]([O-])c1ccccc1NCc1cc(Br)c(Cl)s1. The van der Waals surface area contributed by atoms with E-state index < -0.39 is 4.92 Å². The van der Waals surface area contributed by atoms with Gasteiger partial charge in [-0.1, -0.05) is 23.7 Å². The minimum Gasteiger partial charge on any atom is -0.375 e. The number of halogens is 2. The van der Waals surface area contributed by atoms with Crippen molar-refractivity contribution >= 4 is 50.2 Å². The molecule has 0 spiro atoms. The molecule has 0 fully saturated rings. The lowest BCUT2D eigenvalue weighted by Gasteiger charge is -2.04. The minimum atomic E-state index is -0.403. The van der Waals surface area contributed by atoms with Gasteiger partial charge in [0.2, 0.25) is 0 Å². The fraction of sp³-hybridized carbons (Fsp3) is 0.0909. The molecule has 2 rings (SSSR count). The Morgan fingerprint density at radius 2 is 2.17 bits per heavy atom. The summed E-state index contributed by atoms with van der Waals surface area (Å²) in [5.74, 6) is 0. The third-order valence-electron chi connectivity index (χ3n) is 2.25. The molecule has 0 bridgehead atoms. The second-order valence-electron chi connectivity index (χ2n) is 3.46. The first-order valence-electron chi connectivity index (χ1n) is 4.99. The van der Waals surface area contributed by atoms with Gasteiger partial charge in [0.1, 0.15) is 10.0 Å². The number of nitro benzene ring substituents is 1. The molecule has 0 aliphatic carbocycles. The molecule has 18 heavy (non-hydrogen) atoms. The van der Waals surface area contributed by atoms with Crippen molar-refractivity contribution in [3.05, 3.63) is 54.1 Å². The average molecular weight is 348 g/mol. The highest BCUT2D eigenvalue weighted by Gasteiger charge is 2.12. The van der Waals surface area contributed by atoms with Crippen LogP contribution in [0.3, 0.4) is 0 Å². The molecule has 1 heterocycles. The van der Waals surface area contributed by atoms with E-state index in [4.69, 9.17) is 11.6 Å². The van der Waals surface area contributed by atoms with Crippen molar-refractivity contribution in [2.45, 2.75) is 6.54 Å². The average Bonchev–Trinajstić information content (AvgIpc) is 2.66. The van der Waals surface area contributed by atoms with Gasteiger partial charge in [-0.2, -0.15) is 0 Å². The molecule has 0 radical (unpaired) electrons. The molecule has 1 aromatic carbocycles. The van der Waals surface area contributed by atoms with Crippen LogP contribution in [0.4, 0.5) is 11.4 Å². The Labute approximate surface area is 121 Å². The summed E-state index contributed by atoms with van der Waals surface area (Å²) in [4.78, 5) is 11.4. The van der Waals surface area contributed by atoms with Crippen molar-refractivity contribution < 1.29 is 4.92 Å². The Hall–Kier alpha value is -1.11. The number of nitrogens with one attached hydrogen (secondary N) is 1. The smallest absolute Gasteiger partial charge is 0.292 e. The van der Waals surface area contributed by atoms with Crippen molar-refractivity contribution in [1.29, 1.82) is 0 Å². The predicted molar refractivity (Wildman–Crippen MR) is 77.5 cm³/mol. The molecule has 0 amide bonds. The number of para-hydroxylation sites is 2. The molecule has 7 heteroatoms. The zero-order valence-electron chi connectivity index (χ0n) is 9.02. The molecule has 94 valence electrons. The molecule has 0 aliphatic heterocycles. The second kappa shape index (κ2) is 5.69. The Kier molecular flexibility index (Phi) is 4.21. The van der Waals surface area contributed by atoms with E-state index in [-0.39, 0.29) is 5.69 Å². The van der Waals surface area contributed by atoms with E-state index in [0.717, 1.165) is 9.35 Å².